The molecule has 0 aromatic rings. The van der Waals surface area contributed by atoms with Gasteiger partial charge in [-0.25, -0.2) is 4.99 Å². The fraction of sp³-hybridized carbons (Fsp3) is 0.750. The van der Waals surface area contributed by atoms with Gasteiger partial charge in [-0.1, -0.05) is 0 Å². The van der Waals surface area contributed by atoms with Gasteiger partial charge in [0.25, 0.3) is 0 Å². The third-order valence-electron chi connectivity index (χ3n) is 0.735. The molecule has 0 saturated carbocycles. The van der Waals surface area contributed by atoms with Crippen LogP contribution in [-0.2, 0) is 0 Å². The summed E-state index contributed by atoms with van der Waals surface area (Å²) in [5.41, 5.74) is 5.04. The first-order valence-corrected chi connectivity index (χ1v) is 2.70. The molecule has 48 valence electrons. The second-order valence-electron chi connectivity index (χ2n) is 1.42. The van der Waals surface area contributed by atoms with Gasteiger partial charge < -0.3 is 5.73 Å². The predicted octanol–water partition coefficient (Wildman–Crippen LogP) is 0.105. The van der Waals surface area contributed by atoms with E-state index >= 15 is 0 Å². The maximum atomic E-state index is 5.24. The number of nitrogens with zero attached hydrogens (tertiary/aromatic N) is 1. The molecule has 0 radical (unpaired) electrons. The van der Waals surface area contributed by atoms with Crippen molar-refractivity contribution in [2.24, 2.45) is 10.7 Å². The van der Waals surface area contributed by atoms with Gasteiger partial charge >= 0.3 is 0 Å². The minimum Gasteiger partial charge on any atom is -0.374 e. The van der Waals surface area contributed by atoms with Gasteiger partial charge in [0.15, 0.2) is 5.29 Å². The lowest BCUT2D eigenvalue weighted by atomic mass is 10.6. The molecule has 8 heavy (non-hydrogen) atoms. The van der Waals surface area contributed by atoms with E-state index in [1.807, 2.05) is 6.92 Å². The first kappa shape index (κ1) is 7.72. The Hall–Kier alpha value is -0.280. The van der Waals surface area contributed by atoms with E-state index in [9.17, 15) is 0 Å². The molecule has 0 bridgehead atoms. The highest BCUT2D eigenvalue weighted by Gasteiger charge is 1.90. The van der Waals surface area contributed by atoms with Gasteiger partial charge in [0.1, 0.15) is 0 Å². The van der Waals surface area contributed by atoms with Crippen molar-refractivity contribution >= 4 is 16.9 Å². The van der Waals surface area contributed by atoms with Crippen molar-refractivity contribution in [3.05, 3.63) is 0 Å². The number of aliphatic imine (C=N–C) groups is 1. The van der Waals surface area contributed by atoms with Crippen molar-refractivity contribution in [2.45, 2.75) is 13.1 Å². The molecule has 0 fully saturated rings. The van der Waals surface area contributed by atoms with Crippen LogP contribution in [0.3, 0.4) is 0 Å². The first-order chi connectivity index (χ1) is 3.66. The lowest BCUT2D eigenvalue weighted by Crippen LogP contribution is -2.21. The lowest BCUT2D eigenvalue weighted by molar-refractivity contribution is 0.642. The topological polar surface area (TPSA) is 50.4 Å². The van der Waals surface area contributed by atoms with Gasteiger partial charge in [0.05, 0.1) is 6.17 Å². The maximum absolute atomic E-state index is 5.24. The molecule has 3 N–H and O–H groups in total. The van der Waals surface area contributed by atoms with Crippen molar-refractivity contribution in [2.75, 3.05) is 7.05 Å². The van der Waals surface area contributed by atoms with Crippen LogP contribution in [-0.4, -0.2) is 18.5 Å². The minimum absolute atomic E-state index is 0.00694. The van der Waals surface area contributed by atoms with Gasteiger partial charge in [-0.15, -0.1) is 0 Å². The van der Waals surface area contributed by atoms with Gasteiger partial charge in [-0.2, -0.15) is 0 Å². The fourth-order valence-electron chi connectivity index (χ4n) is 0.250. The van der Waals surface area contributed by atoms with Crippen molar-refractivity contribution in [3.8, 4) is 0 Å². The Balaban J connectivity index is 3.51. The normalized spacial score (nSPS) is 16.1. The number of nitrogens with one attached hydrogen (secondary N) is 1. The van der Waals surface area contributed by atoms with Crippen LogP contribution in [0.25, 0.3) is 0 Å². The summed E-state index contributed by atoms with van der Waals surface area (Å²) in [5, 5.41) is 2.93. The number of hydrogen-bond donors (Lipinski definition) is 2. The Morgan fingerprint density at radius 2 is 2.38 bits per heavy atom. The molecule has 0 spiro atoms. The smallest absolute Gasteiger partial charge is 0.190 e. The maximum Gasteiger partial charge on any atom is 0.190 e. The largest absolute Gasteiger partial charge is 0.374 e. The Morgan fingerprint density at radius 3 is 2.50 bits per heavy atom. The SMILES string of the molecule is CNC(C)N=C(N)Cl. The van der Waals surface area contributed by atoms with Crippen molar-refractivity contribution in [1.82, 2.24) is 5.32 Å². The number of hydrogen-bond acceptors (Lipinski definition) is 2. The zero-order valence-electron chi connectivity index (χ0n) is 4.98. The molecule has 0 aromatic heterocycles. The third-order valence-corrected chi connectivity index (χ3v) is 0.832. The molecule has 0 aliphatic carbocycles. The predicted molar refractivity (Wildman–Crippen MR) is 36.0 cm³/mol. The second kappa shape index (κ2) is 3.69. The van der Waals surface area contributed by atoms with Gasteiger partial charge in [0.2, 0.25) is 0 Å². The summed E-state index contributed by atoms with van der Waals surface area (Å²) in [7, 11) is 1.79. The average molecular weight is 136 g/mol. The van der Waals surface area contributed by atoms with Crippen molar-refractivity contribution in [1.29, 1.82) is 0 Å². The molecular weight excluding hydrogens is 126 g/mol. The van der Waals surface area contributed by atoms with Crippen LogP contribution >= 0.6 is 11.6 Å². The van der Waals surface area contributed by atoms with Crippen LogP contribution in [0.1, 0.15) is 6.92 Å². The zero-order chi connectivity index (χ0) is 6.57. The van der Waals surface area contributed by atoms with Crippen LogP contribution in [0, 0.1) is 0 Å². The van der Waals surface area contributed by atoms with Crippen LogP contribution in [0.5, 0.6) is 0 Å². The average Bonchev–Trinajstić information content (AvgIpc) is 1.65. The zero-order valence-corrected chi connectivity index (χ0v) is 5.74. The molecule has 3 nitrogen and oxygen atoms in total. The molecule has 1 unspecified atom stereocenters. The Labute approximate surface area is 53.9 Å². The van der Waals surface area contributed by atoms with E-state index < -0.39 is 0 Å². The van der Waals surface area contributed by atoms with Crippen LogP contribution < -0.4 is 11.1 Å². The van der Waals surface area contributed by atoms with Gasteiger partial charge in [0, 0.05) is 0 Å². The van der Waals surface area contributed by atoms with E-state index in [1.54, 1.807) is 7.05 Å². The van der Waals surface area contributed by atoms with Gasteiger partial charge in [-0.05, 0) is 25.6 Å². The van der Waals surface area contributed by atoms with Crippen molar-refractivity contribution in [3.63, 3.8) is 0 Å². The molecule has 0 saturated heterocycles. The van der Waals surface area contributed by atoms with E-state index in [2.05, 4.69) is 10.3 Å². The van der Waals surface area contributed by atoms with E-state index in [0.717, 1.165) is 0 Å². The second-order valence-corrected chi connectivity index (χ2v) is 1.80. The molecule has 0 heterocycles. The highest BCUT2D eigenvalue weighted by molar-refractivity contribution is 6.64. The highest BCUT2D eigenvalue weighted by Crippen LogP contribution is 1.83. The number of nitrogens with two attached hydrogens (primary N) is 1. The summed E-state index contributed by atoms with van der Waals surface area (Å²) in [6, 6.07) is 0. The highest BCUT2D eigenvalue weighted by atomic mass is 35.5. The van der Waals surface area contributed by atoms with Crippen LogP contribution in [0.4, 0.5) is 0 Å². The molecule has 1 atom stereocenters. The van der Waals surface area contributed by atoms with E-state index in [1.165, 1.54) is 0 Å². The van der Waals surface area contributed by atoms with E-state index in [4.69, 9.17) is 17.3 Å². The number of rotatable bonds is 2. The molecular formula is C4H10ClN3. The third kappa shape index (κ3) is 3.89. The number of amidine groups is 1. The Bertz CT molecular complexity index is 87.3. The summed E-state index contributed by atoms with van der Waals surface area (Å²) in [5.74, 6) is 0. The summed E-state index contributed by atoms with van der Waals surface area (Å²) >= 11 is 5.24. The fourth-order valence-corrected chi connectivity index (χ4v) is 0.396. The number of halogens is 1. The lowest BCUT2D eigenvalue weighted by Gasteiger charge is -2.00. The van der Waals surface area contributed by atoms with E-state index in [0.29, 0.717) is 0 Å². The molecule has 0 rings (SSSR count). The Kier molecular flexibility index (Phi) is 3.56. The van der Waals surface area contributed by atoms with Crippen molar-refractivity contribution < 1.29 is 0 Å². The first-order valence-electron chi connectivity index (χ1n) is 2.33. The molecule has 0 aliphatic rings. The minimum atomic E-state index is 0.00694. The summed E-state index contributed by atoms with van der Waals surface area (Å²) in [6.45, 7) is 1.86. The van der Waals surface area contributed by atoms with Gasteiger partial charge in [-0.3, -0.25) is 5.32 Å². The summed E-state index contributed by atoms with van der Waals surface area (Å²) in [6.07, 6.45) is 0.00694. The molecule has 0 amide bonds. The Morgan fingerprint density at radius 1 is 1.88 bits per heavy atom. The van der Waals surface area contributed by atoms with Crippen LogP contribution in [0.2, 0.25) is 0 Å². The summed E-state index contributed by atoms with van der Waals surface area (Å²) < 4.78 is 0. The monoisotopic (exact) mass is 135 g/mol. The molecule has 0 aliphatic heterocycles. The van der Waals surface area contributed by atoms with E-state index in [-0.39, 0.29) is 11.5 Å². The summed E-state index contributed by atoms with van der Waals surface area (Å²) in [4.78, 5) is 3.74. The quantitative estimate of drug-likeness (QED) is 0.321. The van der Waals surface area contributed by atoms with Crippen LogP contribution in [0.15, 0.2) is 4.99 Å². The molecule has 4 heteroatoms. The standard InChI is InChI=1S/C4H10ClN3/c1-3(7-2)8-4(5)6/h3,7H,1-2H3,(H2,6,8). The molecule has 0 aromatic carbocycles.